The van der Waals surface area contributed by atoms with Crippen LogP contribution in [0.5, 0.6) is 0 Å². The monoisotopic (exact) mass is 348 g/mol. The number of aliphatic carboxylic acids is 1. The second kappa shape index (κ2) is 5.79. The zero-order valence-electron chi connectivity index (χ0n) is 12.5. The van der Waals surface area contributed by atoms with E-state index in [0.29, 0.717) is 34.7 Å². The van der Waals surface area contributed by atoms with Crippen LogP contribution in [-0.2, 0) is 4.79 Å². The minimum atomic E-state index is -1.36. The molecule has 0 atom stereocenters. The summed E-state index contributed by atoms with van der Waals surface area (Å²) < 4.78 is 13.2. The average molecular weight is 349 g/mol. The van der Waals surface area contributed by atoms with Gasteiger partial charge in [-0.25, -0.2) is 14.0 Å². The Morgan fingerprint density at radius 1 is 1.17 bits per heavy atom. The van der Waals surface area contributed by atoms with Gasteiger partial charge in [-0.15, -0.1) is 0 Å². The van der Waals surface area contributed by atoms with E-state index in [1.807, 2.05) is 0 Å². The maximum absolute atomic E-state index is 13.2. The fraction of sp³-hybridized carbons (Fsp3) is 0.176. The minimum absolute atomic E-state index is 0.293. The molecule has 0 heterocycles. The highest BCUT2D eigenvalue weighted by molar-refractivity contribution is 6.31. The summed E-state index contributed by atoms with van der Waals surface area (Å²) in [6.07, 6.45) is 0.612. The summed E-state index contributed by atoms with van der Waals surface area (Å²) in [6.45, 7) is 0. The molecule has 0 spiro atoms. The van der Waals surface area contributed by atoms with Crippen molar-refractivity contribution in [2.24, 2.45) is 5.73 Å². The van der Waals surface area contributed by atoms with Crippen LogP contribution in [0.15, 0.2) is 42.5 Å². The van der Waals surface area contributed by atoms with Crippen LogP contribution < -0.4 is 10.6 Å². The first-order chi connectivity index (χ1) is 11.3. The van der Waals surface area contributed by atoms with Crippen LogP contribution in [0, 0.1) is 5.82 Å². The topological polar surface area (TPSA) is 83.6 Å². The number of nitrogens with zero attached hydrogens (tertiary/aromatic N) is 1. The molecule has 1 saturated carbocycles. The Bertz CT molecular complexity index is 819. The second-order valence-electron chi connectivity index (χ2n) is 5.68. The Kier molecular flexibility index (Phi) is 3.93. The molecule has 1 aliphatic carbocycles. The van der Waals surface area contributed by atoms with Crippen molar-refractivity contribution < 1.29 is 19.1 Å². The van der Waals surface area contributed by atoms with Gasteiger partial charge in [-0.3, -0.25) is 4.90 Å². The van der Waals surface area contributed by atoms with Gasteiger partial charge in [0.25, 0.3) is 0 Å². The number of carboxylic acid groups (broad SMARTS) is 1. The maximum atomic E-state index is 13.2. The molecule has 124 valence electrons. The first kappa shape index (κ1) is 16.3. The van der Waals surface area contributed by atoms with E-state index in [2.05, 4.69) is 0 Å². The van der Waals surface area contributed by atoms with E-state index in [1.165, 1.54) is 18.2 Å². The highest BCUT2D eigenvalue weighted by Crippen LogP contribution is 2.47. The van der Waals surface area contributed by atoms with Crippen LogP contribution in [0.4, 0.5) is 14.9 Å². The number of halogens is 2. The summed E-state index contributed by atoms with van der Waals surface area (Å²) >= 11 is 6.04. The number of rotatable bonds is 4. The van der Waals surface area contributed by atoms with E-state index in [9.17, 15) is 19.1 Å². The molecule has 1 aliphatic rings. The number of benzene rings is 2. The number of amides is 2. The van der Waals surface area contributed by atoms with E-state index in [4.69, 9.17) is 17.3 Å². The normalized spacial score (nSPS) is 14.9. The van der Waals surface area contributed by atoms with Crippen molar-refractivity contribution in [1.29, 1.82) is 0 Å². The third kappa shape index (κ3) is 2.69. The molecule has 2 aromatic carbocycles. The van der Waals surface area contributed by atoms with E-state index >= 15 is 0 Å². The molecule has 0 unspecified atom stereocenters. The molecule has 2 aromatic rings. The fourth-order valence-electron chi connectivity index (χ4n) is 2.78. The van der Waals surface area contributed by atoms with Crippen LogP contribution in [0.1, 0.15) is 12.8 Å². The zero-order valence-corrected chi connectivity index (χ0v) is 13.3. The lowest BCUT2D eigenvalue weighted by Crippen LogP contribution is -2.50. The Labute approximate surface area is 142 Å². The van der Waals surface area contributed by atoms with Gasteiger partial charge in [0.05, 0.1) is 5.69 Å². The smallest absolute Gasteiger partial charge is 0.330 e. The molecule has 0 aromatic heterocycles. The number of primary amides is 1. The number of hydrogen-bond donors (Lipinski definition) is 2. The van der Waals surface area contributed by atoms with Crippen molar-refractivity contribution in [2.75, 3.05) is 4.90 Å². The van der Waals surface area contributed by atoms with Crippen molar-refractivity contribution >= 4 is 29.3 Å². The van der Waals surface area contributed by atoms with Crippen molar-refractivity contribution in [3.05, 3.63) is 53.3 Å². The first-order valence-electron chi connectivity index (χ1n) is 7.24. The average Bonchev–Trinajstić information content (AvgIpc) is 3.30. The summed E-state index contributed by atoms with van der Waals surface area (Å²) in [5, 5.41) is 9.86. The fourth-order valence-corrected chi connectivity index (χ4v) is 2.94. The minimum Gasteiger partial charge on any atom is -0.479 e. The zero-order chi connectivity index (χ0) is 17.5. The molecule has 0 saturated heterocycles. The molecule has 24 heavy (non-hydrogen) atoms. The van der Waals surface area contributed by atoms with Crippen LogP contribution in [0.2, 0.25) is 5.02 Å². The lowest BCUT2D eigenvalue weighted by molar-refractivity contribution is -0.139. The van der Waals surface area contributed by atoms with Crippen molar-refractivity contribution in [2.45, 2.75) is 18.4 Å². The SMILES string of the molecule is NC(=O)N(c1cc(Cl)ccc1-c1ccc(F)cc1)C1(C(=O)O)CC1. The van der Waals surface area contributed by atoms with Gasteiger partial charge >= 0.3 is 12.0 Å². The number of carbonyl (C=O) groups excluding carboxylic acids is 1. The van der Waals surface area contributed by atoms with Crippen LogP contribution >= 0.6 is 11.6 Å². The number of carboxylic acids is 1. The molecule has 1 fully saturated rings. The number of urea groups is 1. The quantitative estimate of drug-likeness (QED) is 0.884. The lowest BCUT2D eigenvalue weighted by Gasteiger charge is -2.29. The summed E-state index contributed by atoms with van der Waals surface area (Å²) in [5.41, 5.74) is 5.58. The number of hydrogen-bond acceptors (Lipinski definition) is 2. The number of anilines is 1. The Morgan fingerprint density at radius 3 is 2.29 bits per heavy atom. The Hall–Kier alpha value is -2.60. The van der Waals surface area contributed by atoms with Crippen molar-refractivity contribution in [3.63, 3.8) is 0 Å². The summed E-state index contributed by atoms with van der Waals surface area (Å²) in [6, 6.07) is 9.54. The molecular weight excluding hydrogens is 335 g/mol. The Balaban J connectivity index is 2.18. The van der Waals surface area contributed by atoms with Gasteiger partial charge in [0.2, 0.25) is 0 Å². The molecule has 3 N–H and O–H groups in total. The molecule has 5 nitrogen and oxygen atoms in total. The van der Waals surface area contributed by atoms with E-state index in [1.54, 1.807) is 24.3 Å². The van der Waals surface area contributed by atoms with Gasteiger partial charge in [0, 0.05) is 10.6 Å². The van der Waals surface area contributed by atoms with Gasteiger partial charge in [-0.2, -0.15) is 0 Å². The molecule has 2 amide bonds. The summed E-state index contributed by atoms with van der Waals surface area (Å²) in [7, 11) is 0. The highest BCUT2D eigenvalue weighted by Gasteiger charge is 2.57. The van der Waals surface area contributed by atoms with Crippen LogP contribution in [0.3, 0.4) is 0 Å². The highest BCUT2D eigenvalue weighted by atomic mass is 35.5. The Morgan fingerprint density at radius 2 is 1.79 bits per heavy atom. The van der Waals surface area contributed by atoms with Gasteiger partial charge < -0.3 is 10.8 Å². The van der Waals surface area contributed by atoms with Gasteiger partial charge in [-0.1, -0.05) is 29.8 Å². The van der Waals surface area contributed by atoms with Gasteiger partial charge in [-0.05, 0) is 42.7 Å². The number of nitrogens with two attached hydrogens (primary N) is 1. The van der Waals surface area contributed by atoms with Crippen LogP contribution in [0.25, 0.3) is 11.1 Å². The summed E-state index contributed by atoms with van der Waals surface area (Å²) in [4.78, 5) is 24.7. The lowest BCUT2D eigenvalue weighted by atomic mass is 10.0. The molecule has 7 heteroatoms. The molecule has 3 rings (SSSR count). The maximum Gasteiger partial charge on any atom is 0.330 e. The van der Waals surface area contributed by atoms with Crippen molar-refractivity contribution in [1.82, 2.24) is 0 Å². The molecule has 0 bridgehead atoms. The standard InChI is InChI=1S/C17H14ClFN2O3/c18-11-3-6-13(10-1-4-12(19)5-2-10)14(9-11)21(16(20)24)17(7-8-17)15(22)23/h1-6,9H,7-8H2,(H2,20,24)(H,22,23). The van der Waals surface area contributed by atoms with Crippen molar-refractivity contribution in [3.8, 4) is 11.1 Å². The summed E-state index contributed by atoms with van der Waals surface area (Å²) in [5.74, 6) is -1.52. The molecular formula is C17H14ClFN2O3. The molecule has 0 radical (unpaired) electrons. The first-order valence-corrected chi connectivity index (χ1v) is 7.61. The van der Waals surface area contributed by atoms with E-state index in [-0.39, 0.29) is 0 Å². The largest absolute Gasteiger partial charge is 0.479 e. The third-order valence-corrected chi connectivity index (χ3v) is 4.36. The van der Waals surface area contributed by atoms with E-state index in [0.717, 1.165) is 4.90 Å². The van der Waals surface area contributed by atoms with Gasteiger partial charge in [0.15, 0.2) is 0 Å². The molecule has 0 aliphatic heterocycles. The van der Waals surface area contributed by atoms with Crippen LogP contribution in [-0.4, -0.2) is 22.6 Å². The predicted molar refractivity (Wildman–Crippen MR) is 88.5 cm³/mol. The number of carbonyl (C=O) groups is 2. The van der Waals surface area contributed by atoms with E-state index < -0.39 is 23.4 Å². The third-order valence-electron chi connectivity index (χ3n) is 4.13. The second-order valence-corrected chi connectivity index (χ2v) is 6.12. The van der Waals surface area contributed by atoms with Gasteiger partial charge in [0.1, 0.15) is 11.4 Å². The predicted octanol–water partition coefficient (Wildman–Crippen LogP) is 3.65.